The van der Waals surface area contributed by atoms with E-state index < -0.39 is 8.07 Å². The summed E-state index contributed by atoms with van der Waals surface area (Å²) in [7, 11) is -3.48. The summed E-state index contributed by atoms with van der Waals surface area (Å²) in [4.78, 5) is 0. The first-order valence-electron chi connectivity index (χ1n) is 35.6. The van der Waals surface area contributed by atoms with E-state index in [0.29, 0.717) is 0 Å². The number of nitrogens with zero attached hydrogens (tertiary/aromatic N) is 6. The second-order valence-electron chi connectivity index (χ2n) is 27.5. The number of hydrogen-bond donors (Lipinski definition) is 0. The van der Waals surface area contributed by atoms with Gasteiger partial charge in [-0.05, 0) is 166 Å². The number of benzene rings is 16. The monoisotopic (exact) mass is 1330 g/mol. The normalized spacial score (nSPS) is 12.3. The van der Waals surface area contributed by atoms with Gasteiger partial charge in [0.2, 0.25) is 0 Å². The quantitative estimate of drug-likeness (QED) is 0.0965. The van der Waals surface area contributed by atoms with Crippen LogP contribution in [0.25, 0.3) is 165 Å². The van der Waals surface area contributed by atoms with Crippen molar-refractivity contribution in [2.45, 2.75) is 0 Å². The predicted octanol–water partition coefficient (Wildman–Crippen LogP) is 21.6. The number of rotatable bonds is 10. The van der Waals surface area contributed by atoms with Gasteiger partial charge in [0.25, 0.3) is 0 Å². The second-order valence-corrected chi connectivity index (χ2v) is 31.3. The summed E-state index contributed by atoms with van der Waals surface area (Å²) >= 11 is 0. The molecule has 0 N–H and O–H groups in total. The molecule has 480 valence electrons. The van der Waals surface area contributed by atoms with E-state index in [1.54, 1.807) is 0 Å². The highest BCUT2D eigenvalue weighted by molar-refractivity contribution is 7.20. The van der Waals surface area contributed by atoms with Gasteiger partial charge < -0.3 is 27.4 Å². The lowest BCUT2D eigenvalue weighted by molar-refractivity contribution is 1.16. The molecule has 6 nitrogen and oxygen atoms in total. The highest BCUT2D eigenvalue weighted by Gasteiger charge is 2.43. The average molecular weight is 1330 g/mol. The molecular weight excluding hydrogens is 1270 g/mol. The van der Waals surface area contributed by atoms with Crippen LogP contribution in [0.5, 0.6) is 0 Å². The minimum absolute atomic E-state index is 1.11. The first-order valence-corrected chi connectivity index (χ1v) is 37.6. The Labute approximate surface area is 593 Å². The third-order valence-corrected chi connectivity index (χ3v) is 27.0. The van der Waals surface area contributed by atoms with Crippen molar-refractivity contribution in [3.05, 3.63) is 376 Å². The highest BCUT2D eigenvalue weighted by atomic mass is 28.3. The molecule has 16 aromatic carbocycles. The van der Waals surface area contributed by atoms with Crippen molar-refractivity contribution in [2.24, 2.45) is 0 Å². The molecule has 0 radical (unpaired) electrons. The number of para-hydroxylation sites is 9. The van der Waals surface area contributed by atoms with Crippen LogP contribution in [0.1, 0.15) is 0 Å². The van der Waals surface area contributed by atoms with Gasteiger partial charge in [0.15, 0.2) is 8.07 Å². The van der Waals surface area contributed by atoms with Gasteiger partial charge in [0, 0.05) is 98.8 Å². The number of aromatic nitrogens is 6. The Bertz CT molecular complexity index is 6460. The highest BCUT2D eigenvalue weighted by Crippen LogP contribution is 2.42. The molecule has 103 heavy (non-hydrogen) atoms. The van der Waals surface area contributed by atoms with Crippen LogP contribution in [-0.4, -0.2) is 35.5 Å². The molecule has 0 spiro atoms. The first kappa shape index (κ1) is 57.4. The van der Waals surface area contributed by atoms with E-state index in [0.717, 1.165) is 67.2 Å². The van der Waals surface area contributed by atoms with Gasteiger partial charge >= 0.3 is 0 Å². The van der Waals surface area contributed by atoms with Crippen LogP contribution in [0.15, 0.2) is 376 Å². The topological polar surface area (TPSA) is 29.6 Å². The van der Waals surface area contributed by atoms with Gasteiger partial charge in [-0.15, -0.1) is 0 Å². The summed E-state index contributed by atoms with van der Waals surface area (Å²) in [5.41, 5.74) is 20.8. The molecule has 22 rings (SSSR count). The zero-order valence-corrected chi connectivity index (χ0v) is 57.0. The standard InChI is InChI=1S/C96H62N6Si/c1-2-28-69(29-3-1)103(70-30-22-25-63(57-70)97-91-48-19-10-39-79(91)82-60-66(51-54-94(82)97)100-85-42-13-4-33-73(85)74-34-5-14-43-86(74)100,71-31-23-26-64(58-71)98-92-49-20-11-40-80(92)83-61-67(52-55-95(83)98)101-87-44-15-6-35-75(87)76-36-7-16-45-88(76)101)72-32-24-27-65(59-72)99-93-50-21-12-41-81(93)84-62-68(53-56-96(84)99)102-89-46-17-8-37-77(89)78-38-9-18-47-90(78)102/h1-62H. The molecule has 0 aliphatic heterocycles. The summed E-state index contributed by atoms with van der Waals surface area (Å²) < 4.78 is 14.8. The maximum Gasteiger partial charge on any atom is 0.179 e. The molecule has 0 fully saturated rings. The lowest BCUT2D eigenvalue weighted by atomic mass is 10.1. The van der Waals surface area contributed by atoms with Crippen molar-refractivity contribution in [2.75, 3.05) is 0 Å². The van der Waals surface area contributed by atoms with Crippen molar-refractivity contribution in [3.8, 4) is 34.1 Å². The van der Waals surface area contributed by atoms with Crippen molar-refractivity contribution in [1.29, 1.82) is 0 Å². The Morgan fingerprint density at radius 3 is 0.553 bits per heavy atom. The van der Waals surface area contributed by atoms with E-state index in [-0.39, 0.29) is 0 Å². The molecule has 0 saturated carbocycles. The SMILES string of the molecule is c1ccc([Si](c2cccc(-n3c4ccccc4c4cc(-n5c6ccccc6c6ccccc65)ccc43)c2)(c2cccc(-n3c4ccccc4c4cc(-n5c6ccccc6c6ccccc65)ccc43)c2)c2cccc(-n3c4ccccc4c4cc(-n5c6ccccc6c6ccccc65)ccc43)c2)cc1. The largest absolute Gasteiger partial charge is 0.309 e. The zero-order valence-electron chi connectivity index (χ0n) is 56.0. The minimum Gasteiger partial charge on any atom is -0.309 e. The smallest absolute Gasteiger partial charge is 0.179 e. The van der Waals surface area contributed by atoms with Crippen LogP contribution < -0.4 is 20.7 Å². The summed E-state index contributed by atoms with van der Waals surface area (Å²) in [5, 5.41) is 19.8. The van der Waals surface area contributed by atoms with Gasteiger partial charge in [-0.25, -0.2) is 0 Å². The van der Waals surface area contributed by atoms with Gasteiger partial charge in [-0.3, -0.25) is 0 Å². The molecule has 6 aromatic heterocycles. The van der Waals surface area contributed by atoms with Crippen LogP contribution in [0.3, 0.4) is 0 Å². The fourth-order valence-corrected chi connectivity index (χ4v) is 22.9. The molecule has 6 heterocycles. The average Bonchev–Trinajstić information content (AvgIpc) is 1.71. The Kier molecular flexibility index (Phi) is 12.4. The Morgan fingerprint density at radius 1 is 0.126 bits per heavy atom. The van der Waals surface area contributed by atoms with E-state index in [1.165, 1.54) is 118 Å². The maximum atomic E-state index is 2.54. The number of hydrogen-bond acceptors (Lipinski definition) is 0. The van der Waals surface area contributed by atoms with Gasteiger partial charge in [-0.2, -0.15) is 0 Å². The van der Waals surface area contributed by atoms with Gasteiger partial charge in [0.1, 0.15) is 0 Å². The molecule has 0 aliphatic rings. The van der Waals surface area contributed by atoms with Crippen LogP contribution in [0.4, 0.5) is 0 Å². The summed E-state index contributed by atoms with van der Waals surface area (Å²) in [6.07, 6.45) is 0. The van der Waals surface area contributed by atoms with Crippen LogP contribution >= 0.6 is 0 Å². The van der Waals surface area contributed by atoms with Crippen LogP contribution in [-0.2, 0) is 0 Å². The molecule has 0 atom stereocenters. The Hall–Kier alpha value is -13.5. The maximum absolute atomic E-state index is 3.48. The lowest BCUT2D eigenvalue weighted by Gasteiger charge is -2.35. The third kappa shape index (κ3) is 8.31. The van der Waals surface area contributed by atoms with E-state index >= 15 is 0 Å². The van der Waals surface area contributed by atoms with Crippen molar-refractivity contribution in [1.82, 2.24) is 27.4 Å². The fraction of sp³-hybridized carbons (Fsp3) is 0. The molecule has 0 bridgehead atoms. The molecule has 7 heteroatoms. The van der Waals surface area contributed by atoms with Gasteiger partial charge in [-0.1, -0.05) is 231 Å². The Morgan fingerprint density at radius 2 is 0.311 bits per heavy atom. The molecular formula is C96H62N6Si. The Balaban J connectivity index is 0.778. The van der Waals surface area contributed by atoms with Crippen LogP contribution in [0.2, 0.25) is 0 Å². The lowest BCUT2D eigenvalue weighted by Crippen LogP contribution is -2.74. The molecule has 0 saturated heterocycles. The first-order chi connectivity index (χ1) is 51.1. The second kappa shape index (κ2) is 22.3. The van der Waals surface area contributed by atoms with E-state index in [9.17, 15) is 0 Å². The van der Waals surface area contributed by atoms with Crippen molar-refractivity contribution >= 4 is 160 Å². The van der Waals surface area contributed by atoms with E-state index in [2.05, 4.69) is 404 Å². The predicted molar refractivity (Wildman–Crippen MR) is 436 cm³/mol. The van der Waals surface area contributed by atoms with E-state index in [4.69, 9.17) is 0 Å². The number of fused-ring (bicyclic) bond motifs is 18. The molecule has 0 amide bonds. The third-order valence-electron chi connectivity index (χ3n) is 22.3. The van der Waals surface area contributed by atoms with Crippen molar-refractivity contribution < 1.29 is 0 Å². The summed E-state index contributed by atoms with van der Waals surface area (Å²) in [5.74, 6) is 0. The summed E-state index contributed by atoms with van der Waals surface area (Å²) in [6, 6.07) is 141. The summed E-state index contributed by atoms with van der Waals surface area (Å²) in [6.45, 7) is 0. The van der Waals surface area contributed by atoms with Gasteiger partial charge in [0.05, 0.1) is 66.2 Å². The van der Waals surface area contributed by atoms with Crippen molar-refractivity contribution in [3.63, 3.8) is 0 Å². The molecule has 0 unspecified atom stereocenters. The zero-order chi connectivity index (χ0) is 67.4. The molecule has 0 aliphatic carbocycles. The molecule has 22 aromatic rings. The van der Waals surface area contributed by atoms with Crippen LogP contribution in [0, 0.1) is 0 Å². The van der Waals surface area contributed by atoms with E-state index in [1.807, 2.05) is 0 Å². The fourth-order valence-electron chi connectivity index (χ4n) is 18.1. The minimum atomic E-state index is -3.48.